The Morgan fingerprint density at radius 3 is 2.53 bits per heavy atom. The fourth-order valence-electron chi connectivity index (χ4n) is 4.71. The number of halogens is 1. The molecule has 1 saturated heterocycles. The quantitative estimate of drug-likeness (QED) is 0.311. The van der Waals surface area contributed by atoms with E-state index in [2.05, 4.69) is 6.92 Å². The van der Waals surface area contributed by atoms with Crippen molar-refractivity contribution in [3.8, 4) is 0 Å². The number of nitrogens with zero attached hydrogens (tertiary/aromatic N) is 2. The smallest absolute Gasteiger partial charge is 0.242 e. The molecule has 0 radical (unpaired) electrons. The largest absolute Gasteiger partial charge is 0.464 e. The summed E-state index contributed by atoms with van der Waals surface area (Å²) < 4.78 is 24.9. The zero-order valence-electron chi connectivity index (χ0n) is 21.9. The van der Waals surface area contributed by atoms with Crippen LogP contribution in [0, 0.1) is 5.82 Å². The molecule has 0 N–H and O–H groups in total. The van der Waals surface area contributed by atoms with Gasteiger partial charge in [0.05, 0.1) is 36.4 Å². The number of hydrogen-bond donors (Lipinski definition) is 0. The molecule has 0 spiro atoms. The molecule has 1 fully saturated rings. The minimum absolute atomic E-state index is 0.00116. The predicted molar refractivity (Wildman–Crippen MR) is 143 cm³/mol. The van der Waals surface area contributed by atoms with Gasteiger partial charge in [-0.15, -0.1) is 0 Å². The van der Waals surface area contributed by atoms with E-state index >= 15 is 0 Å². The fourth-order valence-corrected chi connectivity index (χ4v) is 4.71. The van der Waals surface area contributed by atoms with E-state index in [1.165, 1.54) is 23.3 Å². The van der Waals surface area contributed by atoms with Crippen LogP contribution in [0.5, 0.6) is 0 Å². The summed E-state index contributed by atoms with van der Waals surface area (Å²) in [5.41, 5.74) is 1.30. The van der Waals surface area contributed by atoms with Crippen LogP contribution in [0.3, 0.4) is 0 Å². The number of rotatable bonds is 12. The Balaban J connectivity index is 1.57. The number of carbonyl (C=O) groups excluding carboxylic acids is 2. The highest BCUT2D eigenvalue weighted by Crippen LogP contribution is 2.17. The summed E-state index contributed by atoms with van der Waals surface area (Å²) in [6.45, 7) is 3.13. The highest BCUT2D eigenvalue weighted by atomic mass is 19.1. The zero-order chi connectivity index (χ0) is 26.9. The van der Waals surface area contributed by atoms with Crippen molar-refractivity contribution in [2.75, 3.05) is 19.7 Å². The van der Waals surface area contributed by atoms with E-state index in [1.807, 2.05) is 0 Å². The van der Waals surface area contributed by atoms with Crippen molar-refractivity contribution >= 4 is 22.8 Å². The Bertz CT molecular complexity index is 1280. The van der Waals surface area contributed by atoms with Gasteiger partial charge in [0.25, 0.3) is 0 Å². The van der Waals surface area contributed by atoms with E-state index in [0.29, 0.717) is 41.7 Å². The Morgan fingerprint density at radius 2 is 1.79 bits per heavy atom. The summed E-state index contributed by atoms with van der Waals surface area (Å²) >= 11 is 0. The average molecular weight is 523 g/mol. The number of benzene rings is 2. The van der Waals surface area contributed by atoms with Crippen LogP contribution in [-0.4, -0.2) is 47.4 Å². The first-order valence-electron chi connectivity index (χ1n) is 13.4. The van der Waals surface area contributed by atoms with Crippen molar-refractivity contribution in [3.05, 3.63) is 82.0 Å². The molecule has 0 aliphatic carbocycles. The standard InChI is InChI=1S/C30H35FN2O5/c1-2-3-4-11-28(34)33(19-25-8-7-16-37-25)20-29(35)32(17-22-12-14-24(31)15-13-22)18-23-21-38-27-10-6-5-9-26(27)30(23)36/h5-6,9-10,12-15,21,25H,2-4,7-8,11,16-20H2,1H3. The molecule has 202 valence electrons. The maximum Gasteiger partial charge on any atom is 0.242 e. The maximum absolute atomic E-state index is 13.7. The van der Waals surface area contributed by atoms with Crippen molar-refractivity contribution in [3.63, 3.8) is 0 Å². The lowest BCUT2D eigenvalue weighted by Crippen LogP contribution is -2.45. The number of unbranched alkanes of at least 4 members (excludes halogenated alkanes) is 2. The van der Waals surface area contributed by atoms with Crippen LogP contribution in [0.1, 0.15) is 56.6 Å². The molecule has 1 aromatic heterocycles. The third-order valence-electron chi connectivity index (χ3n) is 6.87. The topological polar surface area (TPSA) is 80.1 Å². The molecule has 0 bridgehead atoms. The SMILES string of the molecule is CCCCCC(=O)N(CC(=O)N(Cc1ccc(F)cc1)Cc1coc2ccccc2c1=O)CC1CCCO1. The lowest BCUT2D eigenvalue weighted by atomic mass is 10.1. The van der Waals surface area contributed by atoms with Gasteiger partial charge in [-0.25, -0.2) is 4.39 Å². The summed E-state index contributed by atoms with van der Waals surface area (Å²) in [7, 11) is 0. The number of fused-ring (bicyclic) bond motifs is 1. The third-order valence-corrected chi connectivity index (χ3v) is 6.87. The first-order chi connectivity index (χ1) is 18.4. The monoisotopic (exact) mass is 522 g/mol. The van der Waals surface area contributed by atoms with Crippen LogP contribution in [0.4, 0.5) is 4.39 Å². The first kappa shape index (κ1) is 27.5. The summed E-state index contributed by atoms with van der Waals surface area (Å²) in [4.78, 5) is 43.1. The number of ether oxygens (including phenoxy) is 1. The molecule has 1 atom stereocenters. The second kappa shape index (κ2) is 13.3. The molecule has 0 saturated carbocycles. The molecule has 1 unspecified atom stereocenters. The molecule has 2 heterocycles. The minimum Gasteiger partial charge on any atom is -0.464 e. The van der Waals surface area contributed by atoms with E-state index in [0.717, 1.165) is 32.1 Å². The highest BCUT2D eigenvalue weighted by Gasteiger charge is 2.27. The van der Waals surface area contributed by atoms with E-state index in [1.54, 1.807) is 41.3 Å². The highest BCUT2D eigenvalue weighted by molar-refractivity contribution is 5.85. The molecule has 8 heteroatoms. The van der Waals surface area contributed by atoms with Crippen molar-refractivity contribution < 1.29 is 23.1 Å². The zero-order valence-corrected chi connectivity index (χ0v) is 21.9. The molecule has 1 aliphatic heterocycles. The van der Waals surface area contributed by atoms with Gasteiger partial charge in [-0.1, -0.05) is 44.0 Å². The summed E-state index contributed by atoms with van der Waals surface area (Å²) in [5, 5.41) is 0.435. The van der Waals surface area contributed by atoms with Gasteiger partial charge >= 0.3 is 0 Å². The number of carbonyl (C=O) groups is 2. The van der Waals surface area contributed by atoms with Gasteiger partial charge in [0.2, 0.25) is 11.8 Å². The van der Waals surface area contributed by atoms with Gasteiger partial charge in [0.1, 0.15) is 11.4 Å². The lowest BCUT2D eigenvalue weighted by molar-refractivity contribution is -0.142. The molecular formula is C30H35FN2O5. The summed E-state index contributed by atoms with van der Waals surface area (Å²) in [6.07, 6.45) is 6.17. The Hall–Kier alpha value is -3.52. The van der Waals surface area contributed by atoms with Crippen LogP contribution in [0.2, 0.25) is 0 Å². The van der Waals surface area contributed by atoms with Crippen molar-refractivity contribution in [2.24, 2.45) is 0 Å². The van der Waals surface area contributed by atoms with Crippen molar-refractivity contribution in [1.29, 1.82) is 0 Å². The molecule has 3 aromatic rings. The second-order valence-electron chi connectivity index (χ2n) is 9.83. The van der Waals surface area contributed by atoms with Gasteiger partial charge in [0, 0.05) is 26.1 Å². The summed E-state index contributed by atoms with van der Waals surface area (Å²) in [5.74, 6) is -0.750. The second-order valence-corrected chi connectivity index (χ2v) is 9.83. The van der Waals surface area contributed by atoms with Crippen molar-refractivity contribution in [1.82, 2.24) is 9.80 Å². The molecule has 38 heavy (non-hydrogen) atoms. The molecular weight excluding hydrogens is 487 g/mol. The number of amides is 2. The third kappa shape index (κ3) is 7.28. The molecule has 2 amide bonds. The van der Waals surface area contributed by atoms with Gasteiger partial charge in [0.15, 0.2) is 5.43 Å². The fraction of sp³-hybridized carbons (Fsp3) is 0.433. The van der Waals surface area contributed by atoms with Crippen LogP contribution in [-0.2, 0) is 27.4 Å². The van der Waals surface area contributed by atoms with Crippen LogP contribution < -0.4 is 5.43 Å². The van der Waals surface area contributed by atoms with E-state index < -0.39 is 0 Å². The lowest BCUT2D eigenvalue weighted by Gasteiger charge is -2.29. The number of para-hydroxylation sites is 1. The van der Waals surface area contributed by atoms with Gasteiger partial charge in [-0.3, -0.25) is 14.4 Å². The van der Waals surface area contributed by atoms with Gasteiger partial charge in [-0.2, -0.15) is 0 Å². The molecule has 1 aliphatic rings. The Kier molecular flexibility index (Phi) is 9.65. The Labute approximate surface area is 222 Å². The summed E-state index contributed by atoms with van der Waals surface area (Å²) in [6, 6.07) is 12.8. The Morgan fingerprint density at radius 1 is 1.00 bits per heavy atom. The van der Waals surface area contributed by atoms with Crippen molar-refractivity contribution in [2.45, 2.75) is 64.6 Å². The van der Waals surface area contributed by atoms with Crippen LogP contribution in [0.25, 0.3) is 11.0 Å². The van der Waals surface area contributed by atoms with Gasteiger partial charge in [-0.05, 0) is 49.1 Å². The number of hydrogen-bond acceptors (Lipinski definition) is 5. The van der Waals surface area contributed by atoms with Crippen LogP contribution >= 0.6 is 0 Å². The normalized spacial score (nSPS) is 15.1. The first-order valence-corrected chi connectivity index (χ1v) is 13.4. The average Bonchev–Trinajstić information content (AvgIpc) is 3.44. The van der Waals surface area contributed by atoms with E-state index in [9.17, 15) is 18.8 Å². The van der Waals surface area contributed by atoms with Gasteiger partial charge < -0.3 is 19.0 Å². The maximum atomic E-state index is 13.7. The molecule has 2 aromatic carbocycles. The molecule has 7 nitrogen and oxygen atoms in total. The van der Waals surface area contributed by atoms with E-state index in [4.69, 9.17) is 9.15 Å². The van der Waals surface area contributed by atoms with Crippen LogP contribution in [0.15, 0.2) is 64.0 Å². The predicted octanol–water partition coefficient (Wildman–Crippen LogP) is 5.05. The van der Waals surface area contributed by atoms with E-state index in [-0.39, 0.29) is 48.8 Å². The minimum atomic E-state index is -0.373. The molecule has 4 rings (SSSR count).